The fraction of sp³-hybridized carbons (Fsp3) is 0.214. The second-order valence-electron chi connectivity index (χ2n) is 4.56. The molecule has 2 aromatic carbocycles. The Balaban J connectivity index is 2.19. The number of hydrazine groups is 1. The number of aliphatic imine (C=N–C) groups is 1. The van der Waals surface area contributed by atoms with Crippen LogP contribution in [0, 0.1) is 0 Å². The fourth-order valence-corrected chi connectivity index (χ4v) is 2.39. The van der Waals surface area contributed by atoms with Crippen molar-refractivity contribution >= 4 is 34.3 Å². The third-order valence-electron chi connectivity index (χ3n) is 3.30. The molecule has 0 spiro atoms. The number of benzene rings is 2. The van der Waals surface area contributed by atoms with E-state index in [-0.39, 0.29) is 0 Å². The van der Waals surface area contributed by atoms with E-state index >= 15 is 0 Å². The molecule has 0 radical (unpaired) electrons. The molecule has 1 fully saturated rings. The van der Waals surface area contributed by atoms with Crippen LogP contribution < -0.4 is 11.3 Å². The van der Waals surface area contributed by atoms with Crippen LogP contribution in [0.25, 0.3) is 10.8 Å². The monoisotopic (exact) mass is 256 g/mol. The number of fused-ring (bicyclic) bond motifs is 1. The lowest BCUT2D eigenvalue weighted by molar-refractivity contribution is 1.05. The van der Waals surface area contributed by atoms with Crippen LogP contribution in [-0.4, -0.2) is 5.17 Å². The van der Waals surface area contributed by atoms with Crippen molar-refractivity contribution in [1.29, 1.82) is 0 Å². The Hall–Kier alpha value is -1.65. The van der Waals surface area contributed by atoms with Crippen molar-refractivity contribution in [2.24, 2.45) is 10.8 Å². The number of nitrogens with one attached hydrogen (secondary N) is 1. The van der Waals surface area contributed by atoms with Gasteiger partial charge in [-0.05, 0) is 40.9 Å². The summed E-state index contributed by atoms with van der Waals surface area (Å²) in [6.07, 6.45) is 2.59. The molecule has 18 heavy (non-hydrogen) atoms. The first-order valence-corrected chi connectivity index (χ1v) is 6.44. The van der Waals surface area contributed by atoms with Crippen molar-refractivity contribution in [3.05, 3.63) is 42.0 Å². The average molecular weight is 256 g/mol. The van der Waals surface area contributed by atoms with Crippen molar-refractivity contribution in [1.82, 2.24) is 5.43 Å². The van der Waals surface area contributed by atoms with E-state index in [4.69, 9.17) is 18.5 Å². The highest BCUT2D eigenvalue weighted by molar-refractivity contribution is 7.77. The summed E-state index contributed by atoms with van der Waals surface area (Å²) >= 11 is 4.99. The van der Waals surface area contributed by atoms with Gasteiger partial charge >= 0.3 is 0 Å². The maximum atomic E-state index is 5.27. The van der Waals surface area contributed by atoms with Crippen molar-refractivity contribution in [2.75, 3.05) is 0 Å². The maximum absolute atomic E-state index is 5.27. The summed E-state index contributed by atoms with van der Waals surface area (Å²) in [4.78, 5) is 4.32. The molecule has 0 aromatic heterocycles. The molecule has 3 nitrogen and oxygen atoms in total. The van der Waals surface area contributed by atoms with E-state index in [1.807, 2.05) is 12.1 Å². The highest BCUT2D eigenvalue weighted by Crippen LogP contribution is 2.44. The first-order valence-electron chi connectivity index (χ1n) is 6.03. The van der Waals surface area contributed by atoms with Gasteiger partial charge in [0.05, 0.1) is 5.69 Å². The molecule has 0 atom stereocenters. The molecule has 3 N–H and O–H groups in total. The Kier molecular flexibility index (Phi) is 2.89. The maximum Gasteiger partial charge on any atom is 0.0707 e. The molecule has 1 aliphatic carbocycles. The largest absolute Gasteiger partial charge is 0.741 e. The van der Waals surface area contributed by atoms with Gasteiger partial charge in [-0.2, -0.15) is 0 Å². The summed E-state index contributed by atoms with van der Waals surface area (Å²) in [6, 6.07) is 12.5. The summed E-state index contributed by atoms with van der Waals surface area (Å²) in [5, 5.41) is 2.72. The predicted octanol–water partition coefficient (Wildman–Crippen LogP) is 2.71. The third kappa shape index (κ3) is 2.05. The molecule has 0 unspecified atom stereocenters. The molecule has 0 aliphatic heterocycles. The van der Waals surface area contributed by atoms with Gasteiger partial charge in [0.2, 0.25) is 0 Å². The van der Waals surface area contributed by atoms with Gasteiger partial charge in [-0.15, -0.1) is 0 Å². The summed E-state index contributed by atoms with van der Waals surface area (Å²) in [7, 11) is 0. The lowest BCUT2D eigenvalue weighted by Gasteiger charge is -2.12. The summed E-state index contributed by atoms with van der Waals surface area (Å²) in [5.41, 5.74) is 4.69. The SMILES string of the molecule is NNC([S-])=Nc1ccc(C2CC2)c2ccccc12. The first-order chi connectivity index (χ1) is 8.79. The van der Waals surface area contributed by atoms with Crippen LogP contribution >= 0.6 is 0 Å². The Morgan fingerprint density at radius 1 is 1.17 bits per heavy atom. The molecule has 4 heteroatoms. The van der Waals surface area contributed by atoms with Crippen molar-refractivity contribution < 1.29 is 0 Å². The third-order valence-corrected chi connectivity index (χ3v) is 3.51. The first kappa shape index (κ1) is 11.4. The lowest BCUT2D eigenvalue weighted by atomic mass is 10.00. The molecule has 1 aliphatic rings. The quantitative estimate of drug-likeness (QED) is 0.285. The number of nitrogens with two attached hydrogens (primary N) is 1. The Labute approximate surface area is 111 Å². The van der Waals surface area contributed by atoms with Gasteiger partial charge in [-0.3, -0.25) is 10.8 Å². The van der Waals surface area contributed by atoms with E-state index in [9.17, 15) is 0 Å². The van der Waals surface area contributed by atoms with Gasteiger partial charge in [0, 0.05) is 5.39 Å². The van der Waals surface area contributed by atoms with Crippen LogP contribution in [0.3, 0.4) is 0 Å². The number of hydrogen-bond donors (Lipinski definition) is 2. The van der Waals surface area contributed by atoms with Gasteiger partial charge in [0.15, 0.2) is 0 Å². The standard InChI is InChI=1S/C14H15N3S/c15-17-14(18)16-13-8-7-10(9-5-6-9)11-3-1-2-4-12(11)13/h1-4,7-9H,5-6,15H2,(H2,16,17,18)/p-1. The minimum atomic E-state index is 0.305. The van der Waals surface area contributed by atoms with Crippen molar-refractivity contribution in [3.8, 4) is 0 Å². The van der Waals surface area contributed by atoms with E-state index in [0.717, 1.165) is 17.0 Å². The van der Waals surface area contributed by atoms with E-state index < -0.39 is 0 Å². The highest BCUT2D eigenvalue weighted by atomic mass is 32.1. The van der Waals surface area contributed by atoms with Gasteiger partial charge in [0.1, 0.15) is 0 Å². The number of hydrogen-bond acceptors (Lipinski definition) is 3. The normalized spacial score (nSPS) is 15.9. The zero-order valence-corrected chi connectivity index (χ0v) is 10.7. The van der Waals surface area contributed by atoms with Gasteiger partial charge in [0.25, 0.3) is 0 Å². The lowest BCUT2D eigenvalue weighted by Crippen LogP contribution is -2.27. The van der Waals surface area contributed by atoms with E-state index in [0.29, 0.717) is 5.17 Å². The molecule has 0 saturated heterocycles. The average Bonchev–Trinajstić information content (AvgIpc) is 3.23. The van der Waals surface area contributed by atoms with Crippen molar-refractivity contribution in [3.63, 3.8) is 0 Å². The molecule has 1 saturated carbocycles. The van der Waals surface area contributed by atoms with Crippen LogP contribution in [0.2, 0.25) is 0 Å². The predicted molar refractivity (Wildman–Crippen MR) is 77.7 cm³/mol. The second-order valence-corrected chi connectivity index (χ2v) is 4.94. The number of nitrogens with zero attached hydrogens (tertiary/aromatic N) is 1. The molecular weight excluding hydrogens is 242 g/mol. The zero-order valence-electron chi connectivity index (χ0n) is 9.89. The molecule has 92 valence electrons. The number of rotatable bonds is 2. The van der Waals surface area contributed by atoms with Gasteiger partial charge in [-0.25, -0.2) is 0 Å². The van der Waals surface area contributed by atoms with Crippen LogP contribution in [0.1, 0.15) is 24.3 Å². The van der Waals surface area contributed by atoms with E-state index in [1.54, 1.807) is 0 Å². The van der Waals surface area contributed by atoms with Gasteiger partial charge in [-0.1, -0.05) is 30.3 Å². The van der Waals surface area contributed by atoms with E-state index in [1.165, 1.54) is 23.8 Å². The molecule has 0 bridgehead atoms. The topological polar surface area (TPSA) is 50.4 Å². The summed E-state index contributed by atoms with van der Waals surface area (Å²) < 4.78 is 0. The Morgan fingerprint density at radius 3 is 2.56 bits per heavy atom. The fourth-order valence-electron chi connectivity index (χ4n) is 2.30. The minimum absolute atomic E-state index is 0.305. The van der Waals surface area contributed by atoms with Crippen LogP contribution in [0.4, 0.5) is 5.69 Å². The van der Waals surface area contributed by atoms with E-state index in [2.05, 4.69) is 34.7 Å². The molecular formula is C14H14N3S-. The second kappa shape index (κ2) is 4.55. The molecule has 3 rings (SSSR count). The molecule has 2 aromatic rings. The smallest absolute Gasteiger partial charge is 0.0707 e. The zero-order chi connectivity index (χ0) is 12.5. The van der Waals surface area contributed by atoms with Crippen LogP contribution in [0.15, 0.2) is 41.4 Å². The Bertz CT molecular complexity index is 617. The molecule has 0 amide bonds. The van der Waals surface area contributed by atoms with Crippen molar-refractivity contribution in [2.45, 2.75) is 18.8 Å². The van der Waals surface area contributed by atoms with Crippen LogP contribution in [0.5, 0.6) is 0 Å². The molecule has 0 heterocycles. The Morgan fingerprint density at radius 2 is 1.89 bits per heavy atom. The highest BCUT2D eigenvalue weighted by Gasteiger charge is 2.25. The summed E-state index contributed by atoms with van der Waals surface area (Å²) in [5.74, 6) is 5.99. The number of amidine groups is 1. The van der Waals surface area contributed by atoms with Gasteiger partial charge < -0.3 is 18.1 Å². The minimum Gasteiger partial charge on any atom is -0.741 e. The van der Waals surface area contributed by atoms with Crippen LogP contribution in [-0.2, 0) is 12.6 Å². The summed E-state index contributed by atoms with van der Waals surface area (Å²) in [6.45, 7) is 0.